The van der Waals surface area contributed by atoms with Crippen molar-refractivity contribution in [1.29, 1.82) is 0 Å². The summed E-state index contributed by atoms with van der Waals surface area (Å²) < 4.78 is 32.1. The van der Waals surface area contributed by atoms with Gasteiger partial charge in [-0.2, -0.15) is 4.31 Å². The molecule has 7 heteroatoms. The lowest BCUT2D eigenvalue weighted by Gasteiger charge is -2.26. The van der Waals surface area contributed by atoms with Gasteiger partial charge in [0.25, 0.3) is 0 Å². The number of nitrogens with one attached hydrogen (secondary N) is 1. The summed E-state index contributed by atoms with van der Waals surface area (Å²) in [6.45, 7) is 6.36. The summed E-state index contributed by atoms with van der Waals surface area (Å²) in [5.74, 6) is 0.820. The van der Waals surface area contributed by atoms with Gasteiger partial charge in [0.05, 0.1) is 6.54 Å². The Hall–Kier alpha value is -0.370. The van der Waals surface area contributed by atoms with E-state index in [0.717, 1.165) is 0 Å². The van der Waals surface area contributed by atoms with Crippen molar-refractivity contribution in [2.24, 2.45) is 5.92 Å². The molecule has 0 amide bonds. The van der Waals surface area contributed by atoms with Gasteiger partial charge in [-0.3, -0.25) is 0 Å². The zero-order valence-electron chi connectivity index (χ0n) is 11.9. The molecule has 19 heavy (non-hydrogen) atoms. The Balaban J connectivity index is 3.13. The first-order chi connectivity index (χ1) is 8.71. The van der Waals surface area contributed by atoms with E-state index in [4.69, 9.17) is 4.42 Å². The summed E-state index contributed by atoms with van der Waals surface area (Å²) in [6, 6.07) is 1.47. The maximum absolute atomic E-state index is 12.5. The molecule has 1 unspecified atom stereocenters. The third-order valence-corrected chi connectivity index (χ3v) is 6.05. The van der Waals surface area contributed by atoms with Crippen LogP contribution >= 0.6 is 15.9 Å². The van der Waals surface area contributed by atoms with Crippen molar-refractivity contribution in [1.82, 2.24) is 9.62 Å². The van der Waals surface area contributed by atoms with E-state index in [1.807, 2.05) is 20.8 Å². The Morgan fingerprint density at radius 3 is 2.47 bits per heavy atom. The number of hydrogen-bond donors (Lipinski definition) is 1. The number of hydrogen-bond acceptors (Lipinski definition) is 4. The van der Waals surface area contributed by atoms with E-state index in [1.165, 1.54) is 4.31 Å². The molecule has 0 saturated carbocycles. The van der Waals surface area contributed by atoms with Crippen LogP contribution in [0.15, 0.2) is 20.0 Å². The highest BCUT2D eigenvalue weighted by atomic mass is 79.9. The van der Waals surface area contributed by atoms with E-state index in [0.29, 0.717) is 12.3 Å². The molecule has 1 N–H and O–H groups in total. The second-order valence-electron chi connectivity index (χ2n) is 4.89. The second kappa shape index (κ2) is 6.39. The highest BCUT2D eigenvalue weighted by molar-refractivity contribution is 9.10. The van der Waals surface area contributed by atoms with E-state index in [9.17, 15) is 8.42 Å². The lowest BCUT2D eigenvalue weighted by atomic mass is 10.1. The Morgan fingerprint density at radius 2 is 2.00 bits per heavy atom. The predicted molar refractivity (Wildman–Crippen MR) is 78.4 cm³/mol. The van der Waals surface area contributed by atoms with Gasteiger partial charge in [0.15, 0.2) is 4.67 Å². The first kappa shape index (κ1) is 16.7. The van der Waals surface area contributed by atoms with Crippen LogP contribution in [0, 0.1) is 5.92 Å². The van der Waals surface area contributed by atoms with E-state index >= 15 is 0 Å². The summed E-state index contributed by atoms with van der Waals surface area (Å²) in [6.07, 6.45) is 0. The Morgan fingerprint density at radius 1 is 1.42 bits per heavy atom. The number of sulfonamides is 1. The maximum atomic E-state index is 12.5. The van der Waals surface area contributed by atoms with Crippen molar-refractivity contribution < 1.29 is 12.8 Å². The highest BCUT2D eigenvalue weighted by Gasteiger charge is 2.31. The highest BCUT2D eigenvalue weighted by Crippen LogP contribution is 2.29. The van der Waals surface area contributed by atoms with Crippen LogP contribution in [-0.2, 0) is 16.6 Å². The van der Waals surface area contributed by atoms with Gasteiger partial charge in [-0.1, -0.05) is 13.8 Å². The van der Waals surface area contributed by atoms with Crippen molar-refractivity contribution >= 4 is 26.0 Å². The molecule has 0 aliphatic heterocycles. The summed E-state index contributed by atoms with van der Waals surface area (Å²) >= 11 is 3.18. The monoisotopic (exact) mass is 352 g/mol. The van der Waals surface area contributed by atoms with Crippen molar-refractivity contribution in [2.75, 3.05) is 14.1 Å². The number of halogens is 1. The van der Waals surface area contributed by atoms with Crippen LogP contribution in [0.3, 0.4) is 0 Å². The van der Waals surface area contributed by atoms with Gasteiger partial charge in [-0.25, -0.2) is 8.42 Å². The molecule has 0 aliphatic carbocycles. The molecule has 0 radical (unpaired) electrons. The van der Waals surface area contributed by atoms with Crippen molar-refractivity contribution in [3.63, 3.8) is 0 Å². The standard InChI is InChI=1S/C12H21BrN2O3S/c1-8(2)9(3)15(5)19(16,17)11-6-10(7-14-4)18-12(11)13/h6,8-9,14H,7H2,1-5H3. The van der Waals surface area contributed by atoms with Gasteiger partial charge in [-0.15, -0.1) is 0 Å². The zero-order chi connectivity index (χ0) is 14.8. The van der Waals surface area contributed by atoms with Gasteiger partial charge in [0.1, 0.15) is 10.7 Å². The molecule has 0 bridgehead atoms. The largest absolute Gasteiger partial charge is 0.452 e. The Labute approximate surface area is 123 Å². The van der Waals surface area contributed by atoms with Crippen molar-refractivity contribution in [3.05, 3.63) is 16.5 Å². The fourth-order valence-electron chi connectivity index (χ4n) is 1.63. The lowest BCUT2D eigenvalue weighted by molar-refractivity contribution is 0.315. The summed E-state index contributed by atoms with van der Waals surface area (Å²) in [4.78, 5) is 0.174. The van der Waals surface area contributed by atoms with Gasteiger partial charge in [0, 0.05) is 19.2 Å². The number of furan rings is 1. The number of nitrogens with zero attached hydrogens (tertiary/aromatic N) is 1. The van der Waals surface area contributed by atoms with Crippen molar-refractivity contribution in [3.8, 4) is 0 Å². The molecule has 5 nitrogen and oxygen atoms in total. The third-order valence-electron chi connectivity index (χ3n) is 3.25. The van der Waals surface area contributed by atoms with Crippen LogP contribution in [0.25, 0.3) is 0 Å². The van der Waals surface area contributed by atoms with Crippen molar-refractivity contribution in [2.45, 2.75) is 38.3 Å². The molecule has 1 atom stereocenters. The first-order valence-corrected chi connectivity index (χ1v) is 8.36. The van der Waals surface area contributed by atoms with Crippen LogP contribution < -0.4 is 5.32 Å². The van der Waals surface area contributed by atoms with E-state index < -0.39 is 10.0 Å². The van der Waals surface area contributed by atoms with Crippen LogP contribution in [0.1, 0.15) is 26.5 Å². The van der Waals surface area contributed by atoms with Crippen LogP contribution in [-0.4, -0.2) is 32.9 Å². The van der Waals surface area contributed by atoms with Gasteiger partial charge in [-0.05, 0) is 35.8 Å². The smallest absolute Gasteiger partial charge is 0.247 e. The zero-order valence-corrected chi connectivity index (χ0v) is 14.3. The summed E-state index contributed by atoms with van der Waals surface area (Å²) in [7, 11) is -0.177. The van der Waals surface area contributed by atoms with E-state index in [-0.39, 0.29) is 21.5 Å². The molecule has 1 aromatic rings. The van der Waals surface area contributed by atoms with Crippen LogP contribution in [0.4, 0.5) is 0 Å². The molecule has 0 saturated heterocycles. The molecule has 1 aromatic heterocycles. The summed E-state index contributed by atoms with van der Waals surface area (Å²) in [5, 5.41) is 2.92. The SMILES string of the molecule is CNCc1cc(S(=O)(=O)N(C)C(C)C(C)C)c(Br)o1. The van der Waals surface area contributed by atoms with Gasteiger partial charge < -0.3 is 9.73 Å². The first-order valence-electron chi connectivity index (χ1n) is 6.12. The number of rotatable bonds is 6. The fraction of sp³-hybridized carbons (Fsp3) is 0.667. The average molecular weight is 353 g/mol. The van der Waals surface area contributed by atoms with E-state index in [2.05, 4.69) is 21.2 Å². The molecule has 1 rings (SSSR count). The lowest BCUT2D eigenvalue weighted by Crippen LogP contribution is -2.38. The molecule has 0 aliphatic rings. The molecule has 0 spiro atoms. The van der Waals surface area contributed by atoms with Crippen LogP contribution in [0.2, 0.25) is 0 Å². The second-order valence-corrected chi connectivity index (χ2v) is 7.57. The average Bonchev–Trinajstić information content (AvgIpc) is 2.69. The molecule has 110 valence electrons. The normalized spacial score (nSPS) is 14.3. The maximum Gasteiger partial charge on any atom is 0.247 e. The molecule has 1 heterocycles. The van der Waals surface area contributed by atoms with Gasteiger partial charge >= 0.3 is 0 Å². The molecule has 0 aromatic carbocycles. The molecular formula is C12H21BrN2O3S. The third kappa shape index (κ3) is 3.59. The molecular weight excluding hydrogens is 332 g/mol. The summed E-state index contributed by atoms with van der Waals surface area (Å²) in [5.41, 5.74) is 0. The Bertz CT molecular complexity index is 525. The Kier molecular flexibility index (Phi) is 5.61. The quantitative estimate of drug-likeness (QED) is 0.853. The predicted octanol–water partition coefficient (Wildman–Crippen LogP) is 2.43. The minimum absolute atomic E-state index is 0.0837. The minimum Gasteiger partial charge on any atom is -0.452 e. The minimum atomic E-state index is -3.55. The topological polar surface area (TPSA) is 62.6 Å². The fourth-order valence-corrected chi connectivity index (χ4v) is 4.08. The molecule has 0 fully saturated rings. The van der Waals surface area contributed by atoms with Crippen LogP contribution in [0.5, 0.6) is 0 Å². The van der Waals surface area contributed by atoms with E-state index in [1.54, 1.807) is 20.2 Å². The van der Waals surface area contributed by atoms with Gasteiger partial charge in [0.2, 0.25) is 10.0 Å².